The van der Waals surface area contributed by atoms with Crippen molar-refractivity contribution in [3.63, 3.8) is 0 Å². The van der Waals surface area contributed by atoms with Gasteiger partial charge in [0.2, 0.25) is 0 Å². The number of fused-ring (bicyclic) bond motifs is 4. The van der Waals surface area contributed by atoms with E-state index in [0.717, 1.165) is 36.6 Å². The zero-order chi connectivity index (χ0) is 15.1. The number of hydrogen-bond acceptors (Lipinski definition) is 3. The van der Waals surface area contributed by atoms with Gasteiger partial charge in [-0.15, -0.1) is 0 Å². The maximum atomic E-state index is 13.8. The van der Waals surface area contributed by atoms with E-state index in [2.05, 4.69) is 37.8 Å². The molecule has 1 aromatic carbocycles. The molecule has 114 valence electrons. The highest BCUT2D eigenvalue weighted by atomic mass is 79.9. The van der Waals surface area contributed by atoms with E-state index in [1.165, 1.54) is 24.1 Å². The van der Waals surface area contributed by atoms with Crippen LogP contribution in [0.2, 0.25) is 0 Å². The minimum atomic E-state index is -0.242. The second kappa shape index (κ2) is 4.20. The van der Waals surface area contributed by atoms with Gasteiger partial charge < -0.3 is 4.90 Å². The Morgan fingerprint density at radius 2 is 2.05 bits per heavy atom. The van der Waals surface area contributed by atoms with Crippen molar-refractivity contribution >= 4 is 32.5 Å². The molecule has 2 aromatic rings. The van der Waals surface area contributed by atoms with Crippen molar-refractivity contribution in [2.45, 2.75) is 24.3 Å². The smallest absolute Gasteiger partial charge is 0.139 e. The van der Waals surface area contributed by atoms with Gasteiger partial charge in [-0.1, -0.05) is 0 Å². The molecule has 5 rings (SSSR count). The standard InChI is InChI=1S/C17H17BrFN3/c1-21-7-17(8-22(9-17)10-2-3-10)16-11-4-12(18)13(19)5-14(11)20-6-15(16)21/h4-6,10H,2-3,7-9H2,1H3. The normalized spacial score (nSPS) is 23.1. The highest BCUT2D eigenvalue weighted by Crippen LogP contribution is 2.51. The summed E-state index contributed by atoms with van der Waals surface area (Å²) in [4.78, 5) is 9.39. The number of likely N-dealkylation sites (N-methyl/N-ethyl adjacent to an activating group) is 1. The number of pyridine rings is 1. The van der Waals surface area contributed by atoms with Crippen LogP contribution in [0.15, 0.2) is 22.8 Å². The second-order valence-electron chi connectivity index (χ2n) is 7.07. The predicted octanol–water partition coefficient (Wildman–Crippen LogP) is 3.30. The fourth-order valence-electron chi connectivity index (χ4n) is 4.33. The Bertz CT molecular complexity index is 796. The molecule has 22 heavy (non-hydrogen) atoms. The van der Waals surface area contributed by atoms with Crippen LogP contribution in [-0.4, -0.2) is 42.6 Å². The molecule has 3 nitrogen and oxygen atoms in total. The molecule has 0 amide bonds. The van der Waals surface area contributed by atoms with E-state index in [9.17, 15) is 4.39 Å². The van der Waals surface area contributed by atoms with Crippen LogP contribution >= 0.6 is 15.9 Å². The third kappa shape index (κ3) is 1.67. The molecular formula is C17H17BrFN3. The predicted molar refractivity (Wildman–Crippen MR) is 88.9 cm³/mol. The first-order valence-electron chi connectivity index (χ1n) is 7.81. The Kier molecular flexibility index (Phi) is 2.53. The third-order valence-corrected chi connectivity index (χ3v) is 6.05. The number of hydrogen-bond donors (Lipinski definition) is 0. The van der Waals surface area contributed by atoms with Crippen molar-refractivity contribution in [3.8, 4) is 0 Å². The minimum Gasteiger partial charge on any atom is -0.372 e. The minimum absolute atomic E-state index is 0.200. The van der Waals surface area contributed by atoms with Crippen LogP contribution < -0.4 is 4.90 Å². The number of likely N-dealkylation sites (tertiary alicyclic amines) is 1. The van der Waals surface area contributed by atoms with Crippen LogP contribution in [0.25, 0.3) is 10.9 Å². The van der Waals surface area contributed by atoms with E-state index in [-0.39, 0.29) is 11.2 Å². The zero-order valence-electron chi connectivity index (χ0n) is 12.4. The van der Waals surface area contributed by atoms with Crippen LogP contribution in [0.5, 0.6) is 0 Å². The van der Waals surface area contributed by atoms with E-state index >= 15 is 0 Å². The monoisotopic (exact) mass is 361 g/mol. The Balaban J connectivity index is 1.69. The summed E-state index contributed by atoms with van der Waals surface area (Å²) in [5.74, 6) is -0.242. The van der Waals surface area contributed by atoms with E-state index in [4.69, 9.17) is 0 Å². The summed E-state index contributed by atoms with van der Waals surface area (Å²) < 4.78 is 14.4. The molecule has 1 aliphatic carbocycles. The molecule has 3 aliphatic rings. The highest BCUT2D eigenvalue weighted by Gasteiger charge is 2.54. The summed E-state index contributed by atoms with van der Waals surface area (Å²) in [7, 11) is 2.14. The first-order valence-corrected chi connectivity index (χ1v) is 8.60. The molecule has 1 spiro atoms. The summed E-state index contributed by atoms with van der Waals surface area (Å²) in [5.41, 5.74) is 3.54. The average Bonchev–Trinajstić information content (AvgIpc) is 3.23. The van der Waals surface area contributed by atoms with Crippen molar-refractivity contribution in [1.29, 1.82) is 0 Å². The number of rotatable bonds is 1. The number of nitrogens with zero attached hydrogens (tertiary/aromatic N) is 3. The molecule has 0 bridgehead atoms. The van der Waals surface area contributed by atoms with Gasteiger partial charge in [0.05, 0.1) is 21.9 Å². The van der Waals surface area contributed by atoms with Gasteiger partial charge in [-0.3, -0.25) is 9.88 Å². The van der Waals surface area contributed by atoms with Gasteiger partial charge in [-0.2, -0.15) is 0 Å². The summed E-state index contributed by atoms with van der Waals surface area (Å²) in [6.07, 6.45) is 4.62. The first kappa shape index (κ1) is 13.3. The van der Waals surface area contributed by atoms with Crippen molar-refractivity contribution < 1.29 is 4.39 Å². The molecule has 0 unspecified atom stereocenters. The summed E-state index contributed by atoms with van der Waals surface area (Å²) >= 11 is 3.34. The second-order valence-corrected chi connectivity index (χ2v) is 7.93. The van der Waals surface area contributed by atoms with Gasteiger partial charge in [0.25, 0.3) is 0 Å². The van der Waals surface area contributed by atoms with E-state index in [0.29, 0.717) is 4.47 Å². The van der Waals surface area contributed by atoms with Crippen LogP contribution in [0.3, 0.4) is 0 Å². The van der Waals surface area contributed by atoms with Gasteiger partial charge in [-0.25, -0.2) is 4.39 Å². The lowest BCUT2D eigenvalue weighted by Gasteiger charge is -2.49. The SMILES string of the molecule is CN1CC2(CN(C3CC3)C2)c2c1cnc1cc(F)c(Br)cc21. The maximum Gasteiger partial charge on any atom is 0.139 e. The lowest BCUT2D eigenvalue weighted by atomic mass is 9.74. The third-order valence-electron chi connectivity index (χ3n) is 5.45. The lowest BCUT2D eigenvalue weighted by molar-refractivity contribution is 0.0688. The van der Waals surface area contributed by atoms with Crippen LogP contribution in [0, 0.1) is 5.82 Å². The zero-order valence-corrected chi connectivity index (χ0v) is 14.0. The molecule has 1 saturated carbocycles. The van der Waals surface area contributed by atoms with Gasteiger partial charge in [0, 0.05) is 49.6 Å². The summed E-state index contributed by atoms with van der Waals surface area (Å²) in [6.45, 7) is 3.30. The van der Waals surface area contributed by atoms with Gasteiger partial charge in [0.1, 0.15) is 5.82 Å². The number of anilines is 1. The highest BCUT2D eigenvalue weighted by molar-refractivity contribution is 9.10. The van der Waals surface area contributed by atoms with Gasteiger partial charge in [-0.05, 0) is 40.4 Å². The molecule has 2 aliphatic heterocycles. The molecule has 2 fully saturated rings. The topological polar surface area (TPSA) is 19.4 Å². The molecule has 5 heteroatoms. The Labute approximate surface area is 137 Å². The maximum absolute atomic E-state index is 13.8. The molecule has 0 radical (unpaired) electrons. The Morgan fingerprint density at radius 1 is 1.27 bits per heavy atom. The summed E-state index contributed by atoms with van der Waals surface area (Å²) in [5, 5.41) is 1.10. The van der Waals surface area contributed by atoms with Gasteiger partial charge >= 0.3 is 0 Å². The van der Waals surface area contributed by atoms with Crippen molar-refractivity contribution in [3.05, 3.63) is 34.2 Å². The van der Waals surface area contributed by atoms with E-state index in [1.807, 2.05) is 12.3 Å². The molecule has 3 heterocycles. The molecular weight excluding hydrogens is 345 g/mol. The van der Waals surface area contributed by atoms with E-state index < -0.39 is 0 Å². The van der Waals surface area contributed by atoms with Crippen LogP contribution in [-0.2, 0) is 5.41 Å². The van der Waals surface area contributed by atoms with Gasteiger partial charge in [0.15, 0.2) is 0 Å². The van der Waals surface area contributed by atoms with Crippen LogP contribution in [0.4, 0.5) is 10.1 Å². The molecule has 0 N–H and O–H groups in total. The number of benzene rings is 1. The number of aromatic nitrogens is 1. The Hall–Kier alpha value is -1.20. The molecule has 0 atom stereocenters. The quantitative estimate of drug-likeness (QED) is 0.776. The van der Waals surface area contributed by atoms with Crippen molar-refractivity contribution in [1.82, 2.24) is 9.88 Å². The first-order chi connectivity index (χ1) is 10.6. The largest absolute Gasteiger partial charge is 0.372 e. The average molecular weight is 362 g/mol. The van der Waals surface area contributed by atoms with Crippen LogP contribution in [0.1, 0.15) is 18.4 Å². The summed E-state index contributed by atoms with van der Waals surface area (Å²) in [6, 6.07) is 4.28. The van der Waals surface area contributed by atoms with Crippen molar-refractivity contribution in [2.75, 3.05) is 31.6 Å². The number of halogens is 2. The molecule has 1 aromatic heterocycles. The van der Waals surface area contributed by atoms with E-state index in [1.54, 1.807) is 6.07 Å². The van der Waals surface area contributed by atoms with Crippen molar-refractivity contribution in [2.24, 2.45) is 0 Å². The Morgan fingerprint density at radius 3 is 2.77 bits per heavy atom. The fourth-order valence-corrected chi connectivity index (χ4v) is 4.67. The lowest BCUT2D eigenvalue weighted by Crippen LogP contribution is -2.61. The fraction of sp³-hybridized carbons (Fsp3) is 0.471. The molecule has 1 saturated heterocycles.